The van der Waals surface area contributed by atoms with Gasteiger partial charge in [-0.2, -0.15) is 0 Å². The summed E-state index contributed by atoms with van der Waals surface area (Å²) >= 11 is 0. The molecule has 0 amide bonds. The summed E-state index contributed by atoms with van der Waals surface area (Å²) in [7, 11) is 3.95. The Bertz CT molecular complexity index is 385. The molecule has 1 aromatic rings. The van der Waals surface area contributed by atoms with Crippen LogP contribution in [0, 0.1) is 0 Å². The van der Waals surface area contributed by atoms with Crippen molar-refractivity contribution in [3.63, 3.8) is 0 Å². The van der Waals surface area contributed by atoms with Crippen molar-refractivity contribution in [2.75, 3.05) is 20.7 Å². The normalized spacial score (nSPS) is 16.3. The molecule has 2 nitrogen and oxygen atoms in total. The second-order valence-corrected chi connectivity index (χ2v) is 4.96. The van der Waals surface area contributed by atoms with Crippen LogP contribution in [0.1, 0.15) is 36.5 Å². The van der Waals surface area contributed by atoms with Crippen molar-refractivity contribution in [2.45, 2.75) is 32.7 Å². The molecular formula is C14H21NO. The fourth-order valence-corrected chi connectivity index (χ4v) is 2.62. The van der Waals surface area contributed by atoms with Crippen LogP contribution in [0.2, 0.25) is 0 Å². The van der Waals surface area contributed by atoms with Crippen LogP contribution in [0.25, 0.3) is 0 Å². The fraction of sp³-hybridized carbons (Fsp3) is 0.571. The first-order valence-electron chi connectivity index (χ1n) is 6.00. The summed E-state index contributed by atoms with van der Waals surface area (Å²) in [5, 5.41) is 0. The third-order valence-corrected chi connectivity index (χ3v) is 3.40. The van der Waals surface area contributed by atoms with Crippen LogP contribution in [-0.2, 0) is 13.0 Å². The van der Waals surface area contributed by atoms with Crippen LogP contribution in [0.15, 0.2) is 12.1 Å². The van der Waals surface area contributed by atoms with Crippen molar-refractivity contribution < 1.29 is 4.74 Å². The minimum absolute atomic E-state index is 0.535. The number of ether oxygens (including phenoxy) is 1. The van der Waals surface area contributed by atoms with E-state index in [1.807, 2.05) is 0 Å². The van der Waals surface area contributed by atoms with E-state index in [9.17, 15) is 0 Å². The number of likely N-dealkylation sites (N-methyl/N-ethyl adjacent to an activating group) is 1. The first kappa shape index (κ1) is 11.5. The quantitative estimate of drug-likeness (QED) is 0.758. The molecule has 88 valence electrons. The number of methoxy groups -OCH3 is 1. The van der Waals surface area contributed by atoms with E-state index in [2.05, 4.69) is 37.9 Å². The topological polar surface area (TPSA) is 12.5 Å². The number of benzene rings is 1. The van der Waals surface area contributed by atoms with Gasteiger partial charge in [0.2, 0.25) is 0 Å². The van der Waals surface area contributed by atoms with E-state index in [0.717, 1.165) is 25.3 Å². The highest BCUT2D eigenvalue weighted by Gasteiger charge is 2.20. The molecule has 0 spiro atoms. The summed E-state index contributed by atoms with van der Waals surface area (Å²) in [6.45, 7) is 6.71. The van der Waals surface area contributed by atoms with Crippen LogP contribution in [0.5, 0.6) is 5.75 Å². The van der Waals surface area contributed by atoms with Crippen molar-refractivity contribution in [1.82, 2.24) is 4.90 Å². The number of hydrogen-bond acceptors (Lipinski definition) is 2. The second kappa shape index (κ2) is 4.46. The molecule has 1 aliphatic heterocycles. The Morgan fingerprint density at radius 3 is 2.69 bits per heavy atom. The lowest BCUT2D eigenvalue weighted by atomic mass is 9.88. The molecule has 0 aromatic heterocycles. The van der Waals surface area contributed by atoms with E-state index in [-0.39, 0.29) is 0 Å². The van der Waals surface area contributed by atoms with E-state index in [0.29, 0.717) is 5.92 Å². The van der Waals surface area contributed by atoms with Gasteiger partial charge in [-0.1, -0.05) is 19.9 Å². The zero-order chi connectivity index (χ0) is 11.7. The Morgan fingerprint density at radius 1 is 1.31 bits per heavy atom. The first-order valence-corrected chi connectivity index (χ1v) is 6.00. The third-order valence-electron chi connectivity index (χ3n) is 3.40. The average molecular weight is 219 g/mol. The summed E-state index contributed by atoms with van der Waals surface area (Å²) < 4.78 is 5.49. The molecule has 0 radical (unpaired) electrons. The summed E-state index contributed by atoms with van der Waals surface area (Å²) in [5.41, 5.74) is 4.40. The molecule has 0 unspecified atom stereocenters. The van der Waals surface area contributed by atoms with Crippen molar-refractivity contribution in [3.05, 3.63) is 28.8 Å². The van der Waals surface area contributed by atoms with E-state index in [1.165, 1.54) is 16.7 Å². The van der Waals surface area contributed by atoms with Crippen molar-refractivity contribution in [2.24, 2.45) is 0 Å². The van der Waals surface area contributed by atoms with Gasteiger partial charge in [0.25, 0.3) is 0 Å². The van der Waals surface area contributed by atoms with E-state index < -0.39 is 0 Å². The van der Waals surface area contributed by atoms with E-state index in [1.54, 1.807) is 7.11 Å². The molecule has 0 saturated carbocycles. The van der Waals surface area contributed by atoms with Crippen LogP contribution in [0.4, 0.5) is 0 Å². The molecule has 2 rings (SSSR count). The number of hydrogen-bond donors (Lipinski definition) is 0. The van der Waals surface area contributed by atoms with Crippen LogP contribution in [0.3, 0.4) is 0 Å². The molecule has 1 aromatic carbocycles. The monoisotopic (exact) mass is 219 g/mol. The maximum Gasteiger partial charge on any atom is 0.122 e. The van der Waals surface area contributed by atoms with Crippen LogP contribution in [-0.4, -0.2) is 25.6 Å². The Labute approximate surface area is 98.2 Å². The van der Waals surface area contributed by atoms with Gasteiger partial charge in [0.05, 0.1) is 7.11 Å². The molecule has 0 saturated heterocycles. The zero-order valence-corrected chi connectivity index (χ0v) is 10.7. The minimum Gasteiger partial charge on any atom is -0.496 e. The Balaban J connectivity index is 2.51. The van der Waals surface area contributed by atoms with Gasteiger partial charge < -0.3 is 9.64 Å². The zero-order valence-electron chi connectivity index (χ0n) is 10.7. The maximum atomic E-state index is 5.49. The highest BCUT2D eigenvalue weighted by atomic mass is 16.5. The van der Waals surface area contributed by atoms with Gasteiger partial charge in [-0.15, -0.1) is 0 Å². The summed E-state index contributed by atoms with van der Waals surface area (Å²) in [6, 6.07) is 4.34. The van der Waals surface area contributed by atoms with Crippen LogP contribution >= 0.6 is 0 Å². The number of rotatable bonds is 2. The highest BCUT2D eigenvalue weighted by Crippen LogP contribution is 2.34. The Morgan fingerprint density at radius 2 is 2.06 bits per heavy atom. The Kier molecular flexibility index (Phi) is 3.20. The number of fused-ring (bicyclic) bond motifs is 1. The first-order chi connectivity index (χ1) is 7.63. The van der Waals surface area contributed by atoms with Gasteiger partial charge in [0, 0.05) is 18.7 Å². The van der Waals surface area contributed by atoms with Gasteiger partial charge in [-0.3, -0.25) is 0 Å². The average Bonchev–Trinajstić information content (AvgIpc) is 2.26. The maximum absolute atomic E-state index is 5.49. The van der Waals surface area contributed by atoms with Crippen LogP contribution < -0.4 is 4.74 Å². The SMILES string of the molecule is COc1ccc2c(c1C(C)C)CCN(C)C2. The van der Waals surface area contributed by atoms with Crippen molar-refractivity contribution in [3.8, 4) is 5.75 Å². The molecule has 2 heteroatoms. The molecular weight excluding hydrogens is 198 g/mol. The minimum atomic E-state index is 0.535. The summed E-state index contributed by atoms with van der Waals surface area (Å²) in [4.78, 5) is 2.37. The van der Waals surface area contributed by atoms with Gasteiger partial charge >= 0.3 is 0 Å². The number of nitrogens with zero attached hydrogens (tertiary/aromatic N) is 1. The highest BCUT2D eigenvalue weighted by molar-refractivity contribution is 5.48. The van der Waals surface area contributed by atoms with Crippen molar-refractivity contribution in [1.29, 1.82) is 0 Å². The fourth-order valence-electron chi connectivity index (χ4n) is 2.62. The molecule has 0 atom stereocenters. The Hall–Kier alpha value is -1.02. The predicted octanol–water partition coefficient (Wildman–Crippen LogP) is 2.81. The van der Waals surface area contributed by atoms with Gasteiger partial charge in [0.1, 0.15) is 5.75 Å². The molecule has 1 aliphatic rings. The predicted molar refractivity (Wildman–Crippen MR) is 67.1 cm³/mol. The lowest BCUT2D eigenvalue weighted by Gasteiger charge is -2.29. The van der Waals surface area contributed by atoms with E-state index >= 15 is 0 Å². The molecule has 0 bridgehead atoms. The largest absolute Gasteiger partial charge is 0.496 e. The third kappa shape index (κ3) is 1.94. The van der Waals surface area contributed by atoms with Gasteiger partial charge in [-0.05, 0) is 36.6 Å². The lowest BCUT2D eigenvalue weighted by Crippen LogP contribution is -2.27. The van der Waals surface area contributed by atoms with E-state index in [4.69, 9.17) is 4.74 Å². The molecule has 1 heterocycles. The molecule has 16 heavy (non-hydrogen) atoms. The standard InChI is InChI=1S/C14H21NO/c1-10(2)14-12-7-8-15(3)9-11(12)5-6-13(14)16-4/h5-6,10H,7-9H2,1-4H3. The molecule has 0 fully saturated rings. The molecule has 0 aliphatic carbocycles. The summed E-state index contributed by atoms with van der Waals surface area (Å²) in [5.74, 6) is 1.59. The van der Waals surface area contributed by atoms with Crippen molar-refractivity contribution >= 4 is 0 Å². The molecule has 0 N–H and O–H groups in total. The smallest absolute Gasteiger partial charge is 0.122 e. The van der Waals surface area contributed by atoms with Gasteiger partial charge in [-0.25, -0.2) is 0 Å². The van der Waals surface area contributed by atoms with Gasteiger partial charge in [0.15, 0.2) is 0 Å². The summed E-state index contributed by atoms with van der Waals surface area (Å²) in [6.07, 6.45) is 1.15. The second-order valence-electron chi connectivity index (χ2n) is 4.96. The lowest BCUT2D eigenvalue weighted by molar-refractivity contribution is 0.310.